The highest BCUT2D eigenvalue weighted by molar-refractivity contribution is 9.10. The summed E-state index contributed by atoms with van der Waals surface area (Å²) < 4.78 is 6.86. The molecule has 0 unspecified atom stereocenters. The van der Waals surface area contributed by atoms with E-state index in [4.69, 9.17) is 10.5 Å². The van der Waals surface area contributed by atoms with Crippen LogP contribution in [0.3, 0.4) is 0 Å². The molecule has 0 aliphatic heterocycles. The summed E-state index contributed by atoms with van der Waals surface area (Å²) in [6.45, 7) is 0.552. The lowest BCUT2D eigenvalue weighted by atomic mass is 10.2. The van der Waals surface area contributed by atoms with Gasteiger partial charge in [-0.3, -0.25) is 0 Å². The normalized spacial score (nSPS) is 10.5. The van der Waals surface area contributed by atoms with E-state index in [0.717, 1.165) is 15.9 Å². The molecule has 6 nitrogen and oxygen atoms in total. The molecular weight excluding hydrogens is 430 g/mol. The van der Waals surface area contributed by atoms with Gasteiger partial charge in [-0.2, -0.15) is 4.98 Å². The first-order valence-electron chi connectivity index (χ1n) is 8.97. The number of hydrogen-bond donors (Lipinski definition) is 1. The van der Waals surface area contributed by atoms with E-state index in [9.17, 15) is 0 Å². The zero-order valence-corrected chi connectivity index (χ0v) is 17.0. The zero-order valence-electron chi connectivity index (χ0n) is 15.4. The number of rotatable bonds is 6. The average molecular weight is 448 g/mol. The fourth-order valence-corrected chi connectivity index (χ4v) is 3.09. The van der Waals surface area contributed by atoms with Crippen molar-refractivity contribution in [1.29, 1.82) is 0 Å². The molecule has 2 aromatic carbocycles. The standard InChI is InChI=1S/C22H18BrN5O/c23-17-9-11-18(12-10-17)29-22-20(24)21(26-15-27-22)28(19-8-4-5-13-25-19)14-16-6-2-1-3-7-16/h1-13,15H,14,24H2. The largest absolute Gasteiger partial charge is 0.437 e. The summed E-state index contributed by atoms with van der Waals surface area (Å²) in [6.07, 6.45) is 3.19. The van der Waals surface area contributed by atoms with Crippen molar-refractivity contribution < 1.29 is 4.74 Å². The van der Waals surface area contributed by atoms with Gasteiger partial charge >= 0.3 is 0 Å². The van der Waals surface area contributed by atoms with Crippen LogP contribution in [0.25, 0.3) is 0 Å². The van der Waals surface area contributed by atoms with Gasteiger partial charge < -0.3 is 15.4 Å². The van der Waals surface area contributed by atoms with E-state index in [2.05, 4.69) is 30.9 Å². The van der Waals surface area contributed by atoms with E-state index in [1.807, 2.05) is 77.7 Å². The molecule has 2 heterocycles. The molecule has 0 aliphatic carbocycles. The molecule has 0 fully saturated rings. The van der Waals surface area contributed by atoms with Crippen molar-refractivity contribution in [3.63, 3.8) is 0 Å². The van der Waals surface area contributed by atoms with Crippen molar-refractivity contribution in [2.24, 2.45) is 0 Å². The van der Waals surface area contributed by atoms with Crippen molar-refractivity contribution >= 4 is 33.3 Å². The van der Waals surface area contributed by atoms with Crippen molar-refractivity contribution in [1.82, 2.24) is 15.0 Å². The molecule has 144 valence electrons. The summed E-state index contributed by atoms with van der Waals surface area (Å²) in [6, 6.07) is 23.3. The Kier molecular flexibility index (Phi) is 5.67. The molecule has 0 radical (unpaired) electrons. The third-order valence-corrected chi connectivity index (χ3v) is 4.75. The molecule has 0 aliphatic rings. The first kappa shape index (κ1) is 18.9. The second-order valence-corrected chi connectivity index (χ2v) is 7.15. The number of benzene rings is 2. The molecule has 0 amide bonds. The molecule has 7 heteroatoms. The van der Waals surface area contributed by atoms with Crippen molar-refractivity contribution in [3.05, 3.63) is 95.4 Å². The maximum atomic E-state index is 6.42. The lowest BCUT2D eigenvalue weighted by molar-refractivity contribution is 0.464. The van der Waals surface area contributed by atoms with Gasteiger partial charge in [-0.25, -0.2) is 9.97 Å². The molecular formula is C22H18BrN5O. The summed E-state index contributed by atoms with van der Waals surface area (Å²) in [5.74, 6) is 2.20. The SMILES string of the molecule is Nc1c(Oc2ccc(Br)cc2)ncnc1N(Cc1ccccc1)c1ccccn1. The Labute approximate surface area is 177 Å². The minimum atomic E-state index is 0.298. The molecule has 0 bridgehead atoms. The van der Waals surface area contributed by atoms with E-state index < -0.39 is 0 Å². The van der Waals surface area contributed by atoms with Crippen LogP contribution < -0.4 is 15.4 Å². The Bertz CT molecular complexity index is 1080. The molecule has 0 atom stereocenters. The van der Waals surface area contributed by atoms with E-state index in [-0.39, 0.29) is 0 Å². The summed E-state index contributed by atoms with van der Waals surface area (Å²) in [4.78, 5) is 15.1. The van der Waals surface area contributed by atoms with E-state index in [1.54, 1.807) is 6.20 Å². The minimum Gasteiger partial charge on any atom is -0.437 e. The number of nitrogens with two attached hydrogens (primary N) is 1. The van der Waals surface area contributed by atoms with Gasteiger partial charge in [0.2, 0.25) is 5.88 Å². The quantitative estimate of drug-likeness (QED) is 0.429. The fourth-order valence-electron chi connectivity index (χ4n) is 2.83. The number of halogens is 1. The van der Waals surface area contributed by atoms with Crippen LogP contribution in [-0.2, 0) is 6.54 Å². The molecule has 29 heavy (non-hydrogen) atoms. The highest BCUT2D eigenvalue weighted by Gasteiger charge is 2.19. The Hall–Kier alpha value is -3.45. The third kappa shape index (κ3) is 4.52. The number of nitrogens with zero attached hydrogens (tertiary/aromatic N) is 4. The van der Waals surface area contributed by atoms with E-state index >= 15 is 0 Å². The first-order chi connectivity index (χ1) is 14.2. The number of anilines is 3. The van der Waals surface area contributed by atoms with Gasteiger partial charge in [0.25, 0.3) is 0 Å². The van der Waals surface area contributed by atoms with Crippen molar-refractivity contribution in [2.75, 3.05) is 10.6 Å². The van der Waals surface area contributed by atoms with Crippen LogP contribution in [0.2, 0.25) is 0 Å². The van der Waals surface area contributed by atoms with Crippen LogP contribution in [0.15, 0.2) is 89.8 Å². The third-order valence-electron chi connectivity index (χ3n) is 4.22. The molecule has 2 aromatic heterocycles. The number of nitrogen functional groups attached to an aromatic ring is 1. The predicted molar refractivity (Wildman–Crippen MR) is 117 cm³/mol. The maximum absolute atomic E-state index is 6.42. The van der Waals surface area contributed by atoms with Crippen LogP contribution in [0.1, 0.15) is 5.56 Å². The smallest absolute Gasteiger partial charge is 0.248 e. The minimum absolute atomic E-state index is 0.298. The topological polar surface area (TPSA) is 77.2 Å². The molecule has 0 saturated carbocycles. The highest BCUT2D eigenvalue weighted by atomic mass is 79.9. The lowest BCUT2D eigenvalue weighted by Gasteiger charge is -2.24. The Balaban J connectivity index is 1.71. The van der Waals surface area contributed by atoms with Crippen molar-refractivity contribution in [2.45, 2.75) is 6.54 Å². The average Bonchev–Trinajstić information content (AvgIpc) is 2.77. The molecule has 0 spiro atoms. The Morgan fingerprint density at radius 2 is 1.62 bits per heavy atom. The van der Waals surface area contributed by atoms with Gasteiger partial charge in [0.1, 0.15) is 23.6 Å². The monoisotopic (exact) mass is 447 g/mol. The maximum Gasteiger partial charge on any atom is 0.248 e. The lowest BCUT2D eigenvalue weighted by Crippen LogP contribution is -2.20. The van der Waals surface area contributed by atoms with Gasteiger partial charge in [-0.05, 0) is 42.0 Å². The van der Waals surface area contributed by atoms with Gasteiger partial charge in [-0.15, -0.1) is 0 Å². The van der Waals surface area contributed by atoms with Crippen LogP contribution in [0.4, 0.5) is 17.3 Å². The number of aromatic nitrogens is 3. The second-order valence-electron chi connectivity index (χ2n) is 6.23. The molecule has 2 N–H and O–H groups in total. The second kappa shape index (κ2) is 8.70. The molecule has 4 aromatic rings. The summed E-state index contributed by atoms with van der Waals surface area (Å²) >= 11 is 3.41. The van der Waals surface area contributed by atoms with Crippen LogP contribution >= 0.6 is 15.9 Å². The number of hydrogen-bond acceptors (Lipinski definition) is 6. The van der Waals surface area contributed by atoms with Gasteiger partial charge in [-0.1, -0.05) is 52.3 Å². The van der Waals surface area contributed by atoms with Crippen LogP contribution in [-0.4, -0.2) is 15.0 Å². The first-order valence-corrected chi connectivity index (χ1v) is 9.76. The molecule has 4 rings (SSSR count). The van der Waals surface area contributed by atoms with Crippen molar-refractivity contribution in [3.8, 4) is 11.6 Å². The number of pyridine rings is 1. The predicted octanol–water partition coefficient (Wildman–Crippen LogP) is 5.35. The fraction of sp³-hybridized carbons (Fsp3) is 0.0455. The Morgan fingerprint density at radius 3 is 2.34 bits per heavy atom. The summed E-state index contributed by atoms with van der Waals surface area (Å²) in [5, 5.41) is 0. The highest BCUT2D eigenvalue weighted by Crippen LogP contribution is 2.35. The Morgan fingerprint density at radius 1 is 0.862 bits per heavy atom. The molecule has 0 saturated heterocycles. The van der Waals surface area contributed by atoms with Crippen LogP contribution in [0, 0.1) is 0 Å². The van der Waals surface area contributed by atoms with Gasteiger partial charge in [0.15, 0.2) is 5.82 Å². The summed E-state index contributed by atoms with van der Waals surface area (Å²) in [5.41, 5.74) is 7.87. The van der Waals surface area contributed by atoms with E-state index in [1.165, 1.54) is 6.33 Å². The van der Waals surface area contributed by atoms with Gasteiger partial charge in [0, 0.05) is 10.7 Å². The van der Waals surface area contributed by atoms with Gasteiger partial charge in [0.05, 0.1) is 6.54 Å². The number of ether oxygens (including phenoxy) is 1. The summed E-state index contributed by atoms with van der Waals surface area (Å²) in [7, 11) is 0. The van der Waals surface area contributed by atoms with E-state index in [0.29, 0.717) is 29.7 Å². The zero-order chi connectivity index (χ0) is 20.1. The van der Waals surface area contributed by atoms with Crippen LogP contribution in [0.5, 0.6) is 11.6 Å².